The number of carbonyl (C=O) groups is 2. The third-order valence-electron chi connectivity index (χ3n) is 2.15. The van der Waals surface area contributed by atoms with Crippen LogP contribution in [0.25, 0.3) is 0 Å². The molecule has 1 aromatic rings. The van der Waals surface area contributed by atoms with Gasteiger partial charge >= 0.3 is 5.97 Å². The molecule has 18 heavy (non-hydrogen) atoms. The minimum atomic E-state index is -1.45. The number of aliphatic hydroxyl groups excluding tert-OH is 2. The summed E-state index contributed by atoms with van der Waals surface area (Å²) in [6.07, 6.45) is -1.45. The molecule has 1 aromatic carbocycles. The zero-order chi connectivity index (χ0) is 13.5. The molecule has 0 radical (unpaired) electrons. The molecule has 0 aliphatic rings. The predicted octanol–water partition coefficient (Wildman–Crippen LogP) is -0.419. The molecule has 1 atom stereocenters. The van der Waals surface area contributed by atoms with E-state index < -0.39 is 24.6 Å². The van der Waals surface area contributed by atoms with Gasteiger partial charge in [0.25, 0.3) is 5.91 Å². The molecule has 3 N–H and O–H groups in total. The molecule has 6 nitrogen and oxygen atoms in total. The summed E-state index contributed by atoms with van der Waals surface area (Å²) in [5.74, 6) is -0.789. The topological polar surface area (TPSA) is 95.9 Å². The van der Waals surface area contributed by atoms with Gasteiger partial charge in [0.15, 0.2) is 6.10 Å². The van der Waals surface area contributed by atoms with Gasteiger partial charge in [-0.15, -0.1) is 0 Å². The van der Waals surface area contributed by atoms with E-state index in [0.29, 0.717) is 11.3 Å². The van der Waals surface area contributed by atoms with Gasteiger partial charge in [-0.25, -0.2) is 0 Å². The average Bonchev–Trinajstić information content (AvgIpc) is 2.35. The fraction of sp³-hybridized carbons (Fsp3) is 0.333. The molecule has 1 amide bonds. The first-order valence-corrected chi connectivity index (χ1v) is 5.37. The molecule has 0 fully saturated rings. The lowest BCUT2D eigenvalue weighted by atomic mass is 10.2. The van der Waals surface area contributed by atoms with E-state index in [-0.39, 0.29) is 6.54 Å². The van der Waals surface area contributed by atoms with Gasteiger partial charge in [0.1, 0.15) is 5.75 Å². The SMILES string of the molecule is CC(=O)Oc1ccccc1CNC(=O)C(O)CO. The highest BCUT2D eigenvalue weighted by Crippen LogP contribution is 2.17. The van der Waals surface area contributed by atoms with Crippen LogP contribution in [0.1, 0.15) is 12.5 Å². The van der Waals surface area contributed by atoms with Gasteiger partial charge in [-0.05, 0) is 6.07 Å². The summed E-state index contributed by atoms with van der Waals surface area (Å²) in [6, 6.07) is 6.72. The smallest absolute Gasteiger partial charge is 0.308 e. The van der Waals surface area contributed by atoms with Crippen molar-refractivity contribution in [2.75, 3.05) is 6.61 Å². The van der Waals surface area contributed by atoms with Crippen LogP contribution >= 0.6 is 0 Å². The summed E-state index contributed by atoms with van der Waals surface area (Å²) in [7, 11) is 0. The van der Waals surface area contributed by atoms with Gasteiger partial charge in [0.05, 0.1) is 6.61 Å². The Labute approximate surface area is 104 Å². The largest absolute Gasteiger partial charge is 0.426 e. The van der Waals surface area contributed by atoms with Gasteiger partial charge in [0.2, 0.25) is 0 Å². The van der Waals surface area contributed by atoms with Gasteiger partial charge in [-0.1, -0.05) is 18.2 Å². The number of esters is 1. The summed E-state index contributed by atoms with van der Waals surface area (Å²) in [5.41, 5.74) is 0.603. The molecular weight excluding hydrogens is 238 g/mol. The Morgan fingerprint density at radius 2 is 2.06 bits per heavy atom. The number of rotatable bonds is 5. The Bertz CT molecular complexity index is 432. The van der Waals surface area contributed by atoms with Crippen molar-refractivity contribution in [2.45, 2.75) is 19.6 Å². The first kappa shape index (κ1) is 14.1. The van der Waals surface area contributed by atoms with Crippen LogP contribution in [-0.2, 0) is 16.1 Å². The lowest BCUT2D eigenvalue weighted by Crippen LogP contribution is -2.36. The molecule has 1 rings (SSSR count). The maximum Gasteiger partial charge on any atom is 0.308 e. The van der Waals surface area contributed by atoms with Crippen molar-refractivity contribution in [1.82, 2.24) is 5.32 Å². The zero-order valence-electron chi connectivity index (χ0n) is 9.92. The number of para-hydroxylation sites is 1. The third kappa shape index (κ3) is 4.15. The van der Waals surface area contributed by atoms with E-state index in [0.717, 1.165) is 0 Å². The van der Waals surface area contributed by atoms with E-state index >= 15 is 0 Å². The number of ether oxygens (including phenoxy) is 1. The maximum absolute atomic E-state index is 11.3. The molecule has 0 aliphatic heterocycles. The average molecular weight is 253 g/mol. The zero-order valence-corrected chi connectivity index (χ0v) is 9.92. The molecule has 0 heterocycles. The molecule has 6 heteroatoms. The van der Waals surface area contributed by atoms with Crippen molar-refractivity contribution in [3.8, 4) is 5.75 Å². The fourth-order valence-electron chi connectivity index (χ4n) is 1.29. The van der Waals surface area contributed by atoms with Gasteiger partial charge in [0, 0.05) is 19.0 Å². The number of aliphatic hydroxyl groups is 2. The summed E-state index contributed by atoms with van der Waals surface area (Å²) in [6.45, 7) is 0.738. The highest BCUT2D eigenvalue weighted by atomic mass is 16.5. The van der Waals surface area contributed by atoms with Crippen molar-refractivity contribution < 1.29 is 24.5 Å². The van der Waals surface area contributed by atoms with E-state index in [4.69, 9.17) is 14.9 Å². The van der Waals surface area contributed by atoms with Crippen LogP contribution in [0.15, 0.2) is 24.3 Å². The standard InChI is InChI=1S/C12H15NO5/c1-8(15)18-11-5-3-2-4-9(11)6-13-12(17)10(16)7-14/h2-5,10,14,16H,6-7H2,1H3,(H,13,17). The second-order valence-electron chi connectivity index (χ2n) is 3.62. The first-order valence-electron chi connectivity index (χ1n) is 5.37. The van der Waals surface area contributed by atoms with Gasteiger partial charge < -0.3 is 20.3 Å². The van der Waals surface area contributed by atoms with Crippen LogP contribution in [0, 0.1) is 0 Å². The van der Waals surface area contributed by atoms with Crippen molar-refractivity contribution in [1.29, 1.82) is 0 Å². The summed E-state index contributed by atoms with van der Waals surface area (Å²) < 4.78 is 4.96. The van der Waals surface area contributed by atoms with Crippen LogP contribution < -0.4 is 10.1 Å². The predicted molar refractivity (Wildman–Crippen MR) is 62.7 cm³/mol. The molecule has 0 spiro atoms. The molecule has 0 aromatic heterocycles. The normalized spacial score (nSPS) is 11.7. The van der Waals surface area contributed by atoms with E-state index in [1.54, 1.807) is 24.3 Å². The third-order valence-corrected chi connectivity index (χ3v) is 2.15. The van der Waals surface area contributed by atoms with Crippen LogP contribution in [0.5, 0.6) is 5.75 Å². The van der Waals surface area contributed by atoms with E-state index in [1.807, 2.05) is 0 Å². The molecule has 0 aliphatic carbocycles. The van der Waals surface area contributed by atoms with Gasteiger partial charge in [-0.2, -0.15) is 0 Å². The second kappa shape index (κ2) is 6.73. The van der Waals surface area contributed by atoms with E-state index in [2.05, 4.69) is 5.32 Å². The summed E-state index contributed by atoms with van der Waals surface area (Å²) in [5, 5.41) is 20.1. The van der Waals surface area contributed by atoms with E-state index in [1.165, 1.54) is 6.92 Å². The van der Waals surface area contributed by atoms with Crippen LogP contribution in [0.2, 0.25) is 0 Å². The number of hydrogen-bond acceptors (Lipinski definition) is 5. The quantitative estimate of drug-likeness (QED) is 0.489. The summed E-state index contributed by atoms with van der Waals surface area (Å²) in [4.78, 5) is 22.1. The molecule has 98 valence electrons. The van der Waals surface area contributed by atoms with Crippen molar-refractivity contribution in [3.63, 3.8) is 0 Å². The number of nitrogens with one attached hydrogen (secondary N) is 1. The second-order valence-corrected chi connectivity index (χ2v) is 3.62. The van der Waals surface area contributed by atoms with E-state index in [9.17, 15) is 9.59 Å². The molecule has 0 saturated heterocycles. The Kier molecular flexibility index (Phi) is 5.29. The van der Waals surface area contributed by atoms with Crippen molar-refractivity contribution >= 4 is 11.9 Å². The van der Waals surface area contributed by atoms with Crippen LogP contribution in [0.4, 0.5) is 0 Å². The molecular formula is C12H15NO5. The van der Waals surface area contributed by atoms with Crippen molar-refractivity contribution in [2.24, 2.45) is 0 Å². The Morgan fingerprint density at radius 1 is 1.39 bits per heavy atom. The minimum Gasteiger partial charge on any atom is -0.426 e. The number of carbonyl (C=O) groups excluding carboxylic acids is 2. The molecule has 1 unspecified atom stereocenters. The number of hydrogen-bond donors (Lipinski definition) is 3. The first-order chi connectivity index (χ1) is 8.54. The van der Waals surface area contributed by atoms with Gasteiger partial charge in [-0.3, -0.25) is 9.59 Å². The Morgan fingerprint density at radius 3 is 2.67 bits per heavy atom. The lowest BCUT2D eigenvalue weighted by Gasteiger charge is -2.11. The monoisotopic (exact) mass is 253 g/mol. The summed E-state index contributed by atoms with van der Waals surface area (Å²) >= 11 is 0. The van der Waals surface area contributed by atoms with Crippen LogP contribution in [-0.4, -0.2) is 34.8 Å². The number of benzene rings is 1. The van der Waals surface area contributed by atoms with Crippen molar-refractivity contribution in [3.05, 3.63) is 29.8 Å². The van der Waals surface area contributed by atoms with Crippen LogP contribution in [0.3, 0.4) is 0 Å². The Hall–Kier alpha value is -1.92. The minimum absolute atomic E-state index is 0.0966. The molecule has 0 bridgehead atoms. The highest BCUT2D eigenvalue weighted by Gasteiger charge is 2.14. The lowest BCUT2D eigenvalue weighted by molar-refractivity contribution is -0.132. The molecule has 0 saturated carbocycles. The highest BCUT2D eigenvalue weighted by molar-refractivity contribution is 5.80. The maximum atomic E-state index is 11.3. The number of amides is 1. The Balaban J connectivity index is 2.67. The fourth-order valence-corrected chi connectivity index (χ4v) is 1.29.